The van der Waals surface area contributed by atoms with Gasteiger partial charge in [-0.05, 0) is 59.2 Å². The number of hydrogen-bond donors (Lipinski definition) is 0. The average molecular weight is 309 g/mol. The van der Waals surface area contributed by atoms with E-state index >= 15 is 0 Å². The molecule has 0 aliphatic carbocycles. The third kappa shape index (κ3) is 6.21. The quantitative estimate of drug-likeness (QED) is 0.634. The fraction of sp³-hybridized carbons (Fsp3) is 0.500. The highest BCUT2D eigenvalue weighted by Crippen LogP contribution is 2.14. The van der Waals surface area contributed by atoms with Gasteiger partial charge in [-0.1, -0.05) is 12.1 Å². The molecule has 21 heavy (non-hydrogen) atoms. The maximum absolute atomic E-state index is 12.0. The Morgan fingerprint density at radius 2 is 1.81 bits per heavy atom. The molecule has 0 fully saturated rings. The number of esters is 1. The first kappa shape index (κ1) is 17.6. The smallest absolute Gasteiger partial charge is 0.338 e. The molecule has 5 heteroatoms. The molecule has 0 saturated heterocycles. The normalized spacial score (nSPS) is 14.2. The number of hydrogen-bond acceptors (Lipinski definition) is 3. The number of rotatable bonds is 3. The van der Waals surface area contributed by atoms with Gasteiger partial charge < -0.3 is 4.74 Å². The molecule has 1 aromatic carbocycles. The summed E-state index contributed by atoms with van der Waals surface area (Å²) in [7, 11) is -1.32. The fourth-order valence-corrected chi connectivity index (χ4v) is 1.88. The van der Waals surface area contributed by atoms with Gasteiger partial charge in [0.25, 0.3) is 0 Å². The van der Waals surface area contributed by atoms with E-state index in [-0.39, 0.29) is 5.97 Å². The Balaban J connectivity index is 2.89. The first-order valence-corrected chi connectivity index (χ1v) is 7.89. The Bertz CT molecular complexity index is 566. The Hall–Kier alpha value is -1.49. The molecular formula is C16H23NO3S. The largest absolute Gasteiger partial charge is 0.456 e. The van der Waals surface area contributed by atoms with Crippen LogP contribution in [0.1, 0.15) is 57.5 Å². The van der Waals surface area contributed by atoms with Crippen molar-refractivity contribution in [1.82, 2.24) is 0 Å². The highest BCUT2D eigenvalue weighted by molar-refractivity contribution is 7.85. The molecule has 0 spiro atoms. The summed E-state index contributed by atoms with van der Waals surface area (Å²) < 4.78 is 20.8. The summed E-state index contributed by atoms with van der Waals surface area (Å²) in [6, 6.07) is 6.92. The fourth-order valence-electron chi connectivity index (χ4n) is 1.35. The second-order valence-electron chi connectivity index (χ2n) is 6.72. The number of ether oxygens (including phenoxy) is 1. The molecule has 4 nitrogen and oxygen atoms in total. The molecule has 0 N–H and O–H groups in total. The molecule has 0 radical (unpaired) electrons. The molecule has 1 aromatic rings. The van der Waals surface area contributed by atoms with E-state index in [9.17, 15) is 9.00 Å². The zero-order valence-electron chi connectivity index (χ0n) is 13.5. The van der Waals surface area contributed by atoms with Gasteiger partial charge in [-0.15, -0.1) is 0 Å². The lowest BCUT2D eigenvalue weighted by atomic mass is 10.1. The zero-order chi connectivity index (χ0) is 16.3. The van der Waals surface area contributed by atoms with Crippen molar-refractivity contribution < 1.29 is 13.7 Å². The number of carbonyl (C=O) groups excluding carboxylic acids is 1. The highest BCUT2D eigenvalue weighted by atomic mass is 32.2. The molecule has 0 amide bonds. The average Bonchev–Trinajstić information content (AvgIpc) is 2.33. The molecule has 1 unspecified atom stereocenters. The van der Waals surface area contributed by atoms with Gasteiger partial charge in [-0.3, -0.25) is 0 Å². The summed E-state index contributed by atoms with van der Waals surface area (Å²) in [5.74, 6) is -0.380. The third-order valence-electron chi connectivity index (χ3n) is 2.34. The van der Waals surface area contributed by atoms with E-state index in [1.165, 1.54) is 6.21 Å². The summed E-state index contributed by atoms with van der Waals surface area (Å²) >= 11 is 0. The van der Waals surface area contributed by atoms with Crippen molar-refractivity contribution in [2.24, 2.45) is 4.40 Å². The van der Waals surface area contributed by atoms with Gasteiger partial charge in [-0.25, -0.2) is 9.00 Å². The van der Waals surface area contributed by atoms with E-state index in [1.54, 1.807) is 24.3 Å². The maximum atomic E-state index is 12.0. The van der Waals surface area contributed by atoms with Gasteiger partial charge in [-0.2, -0.15) is 4.40 Å². The van der Waals surface area contributed by atoms with Gasteiger partial charge >= 0.3 is 5.97 Å². The van der Waals surface area contributed by atoms with Crippen molar-refractivity contribution in [2.45, 2.75) is 51.9 Å². The van der Waals surface area contributed by atoms with Crippen LogP contribution >= 0.6 is 0 Å². The molecule has 116 valence electrons. The van der Waals surface area contributed by atoms with Gasteiger partial charge in [0.2, 0.25) is 0 Å². The van der Waals surface area contributed by atoms with Crippen LogP contribution in [0.15, 0.2) is 28.7 Å². The number of carbonyl (C=O) groups is 1. The van der Waals surface area contributed by atoms with E-state index in [1.807, 2.05) is 41.5 Å². The lowest BCUT2D eigenvalue weighted by Gasteiger charge is -2.19. The predicted molar refractivity (Wildman–Crippen MR) is 87.1 cm³/mol. The van der Waals surface area contributed by atoms with Crippen molar-refractivity contribution >= 4 is 23.2 Å². The first-order chi connectivity index (χ1) is 9.49. The number of nitrogens with zero attached hydrogens (tertiary/aromatic N) is 1. The van der Waals surface area contributed by atoms with Crippen LogP contribution in [0.25, 0.3) is 0 Å². The third-order valence-corrected chi connectivity index (χ3v) is 3.69. The lowest BCUT2D eigenvalue weighted by molar-refractivity contribution is 0.00695. The van der Waals surface area contributed by atoms with Crippen molar-refractivity contribution in [3.63, 3.8) is 0 Å². The Kier molecular flexibility index (Phi) is 5.45. The maximum Gasteiger partial charge on any atom is 0.338 e. The van der Waals surface area contributed by atoms with E-state index in [4.69, 9.17) is 4.74 Å². The van der Waals surface area contributed by atoms with E-state index in [2.05, 4.69) is 4.40 Å². The molecule has 0 aromatic heterocycles. The lowest BCUT2D eigenvalue weighted by Crippen LogP contribution is -2.23. The summed E-state index contributed by atoms with van der Waals surface area (Å²) in [4.78, 5) is 12.0. The minimum atomic E-state index is -1.32. The van der Waals surface area contributed by atoms with Gasteiger partial charge in [0.1, 0.15) is 16.6 Å². The first-order valence-electron chi connectivity index (χ1n) is 6.78. The Labute approximate surface area is 129 Å². The van der Waals surface area contributed by atoms with Crippen LogP contribution in [0.3, 0.4) is 0 Å². The summed E-state index contributed by atoms with van der Waals surface area (Å²) in [6.07, 6.45) is 1.52. The van der Waals surface area contributed by atoms with E-state index in [0.29, 0.717) is 5.56 Å². The molecule has 1 atom stereocenters. The van der Waals surface area contributed by atoms with Crippen LogP contribution in [-0.4, -0.2) is 26.7 Å². The van der Waals surface area contributed by atoms with Crippen LogP contribution < -0.4 is 0 Å². The van der Waals surface area contributed by atoms with Crippen LogP contribution in [0.4, 0.5) is 0 Å². The van der Waals surface area contributed by atoms with Crippen LogP contribution in [0.2, 0.25) is 0 Å². The molecule has 0 bridgehead atoms. The topological polar surface area (TPSA) is 55.7 Å². The predicted octanol–water partition coefficient (Wildman–Crippen LogP) is 3.52. The van der Waals surface area contributed by atoms with Gasteiger partial charge in [0.15, 0.2) is 0 Å². The summed E-state index contributed by atoms with van der Waals surface area (Å²) in [5.41, 5.74) is 0.640. The standard InChI is InChI=1S/C16H23NO3S/c1-15(2,3)20-14(18)13-9-7-8-12(10-13)11-17-21(19)16(4,5)6/h7-11H,1-6H3. The molecular weight excluding hydrogens is 286 g/mol. The minimum absolute atomic E-state index is 0.380. The van der Waals surface area contributed by atoms with Crippen LogP contribution in [0.5, 0.6) is 0 Å². The monoisotopic (exact) mass is 309 g/mol. The molecule has 0 saturated carbocycles. The Morgan fingerprint density at radius 1 is 1.19 bits per heavy atom. The SMILES string of the molecule is CC(C)(C)OC(=O)c1cccc(C=NS(=O)C(C)(C)C)c1. The second kappa shape index (κ2) is 6.52. The highest BCUT2D eigenvalue weighted by Gasteiger charge is 2.19. The van der Waals surface area contributed by atoms with E-state index < -0.39 is 21.3 Å². The van der Waals surface area contributed by atoms with E-state index in [0.717, 1.165) is 5.56 Å². The molecule has 0 aliphatic rings. The van der Waals surface area contributed by atoms with Crippen molar-refractivity contribution in [3.05, 3.63) is 35.4 Å². The van der Waals surface area contributed by atoms with Crippen molar-refractivity contribution in [3.8, 4) is 0 Å². The summed E-state index contributed by atoms with van der Waals surface area (Å²) in [5, 5.41) is 0. The molecule has 1 rings (SSSR count). The van der Waals surface area contributed by atoms with Crippen LogP contribution in [0, 0.1) is 0 Å². The molecule has 0 aliphatic heterocycles. The number of benzene rings is 1. The summed E-state index contributed by atoms with van der Waals surface area (Å²) in [6.45, 7) is 11.0. The van der Waals surface area contributed by atoms with Gasteiger partial charge in [0.05, 0.1) is 10.3 Å². The Morgan fingerprint density at radius 3 is 2.33 bits per heavy atom. The molecule has 0 heterocycles. The van der Waals surface area contributed by atoms with Crippen LogP contribution in [-0.2, 0) is 15.7 Å². The van der Waals surface area contributed by atoms with Crippen molar-refractivity contribution in [2.75, 3.05) is 0 Å². The zero-order valence-corrected chi connectivity index (χ0v) is 14.3. The van der Waals surface area contributed by atoms with Gasteiger partial charge in [0, 0.05) is 6.21 Å². The second-order valence-corrected chi connectivity index (χ2v) is 8.66. The minimum Gasteiger partial charge on any atom is -0.456 e. The van der Waals surface area contributed by atoms with Crippen molar-refractivity contribution in [1.29, 1.82) is 0 Å².